The summed E-state index contributed by atoms with van der Waals surface area (Å²) in [4.78, 5) is 0. The van der Waals surface area contributed by atoms with E-state index in [1.165, 1.54) is 18.6 Å². The normalized spacial score (nSPS) is 13.2. The number of ether oxygens (including phenoxy) is 1. The van der Waals surface area contributed by atoms with E-state index < -0.39 is 0 Å². The van der Waals surface area contributed by atoms with Gasteiger partial charge in [0.1, 0.15) is 0 Å². The highest BCUT2D eigenvalue weighted by atomic mass is 32.2. The lowest BCUT2D eigenvalue weighted by atomic mass is 10.4. The lowest BCUT2D eigenvalue weighted by Crippen LogP contribution is -2.32. The minimum absolute atomic E-state index is 0.511. The summed E-state index contributed by atoms with van der Waals surface area (Å²) in [5, 5.41) is 3.23. The van der Waals surface area contributed by atoms with Crippen molar-refractivity contribution in [3.63, 3.8) is 0 Å². The quantitative estimate of drug-likeness (QED) is 0.591. The summed E-state index contributed by atoms with van der Waals surface area (Å²) < 4.78 is 5.08. The van der Waals surface area contributed by atoms with E-state index in [1.54, 1.807) is 7.11 Å². The summed E-state index contributed by atoms with van der Waals surface area (Å²) in [6.07, 6.45) is 2.62. The van der Waals surface area contributed by atoms with Gasteiger partial charge in [-0.1, -0.05) is 13.3 Å². The Morgan fingerprint density at radius 2 is 2.25 bits per heavy atom. The van der Waals surface area contributed by atoms with Crippen molar-refractivity contribution >= 4 is 11.8 Å². The number of hydrogen-bond acceptors (Lipinski definition) is 3. The van der Waals surface area contributed by atoms with Crippen LogP contribution in [0.5, 0.6) is 0 Å². The van der Waals surface area contributed by atoms with Crippen LogP contribution >= 0.6 is 11.8 Å². The summed E-state index contributed by atoms with van der Waals surface area (Å²) in [7, 11) is 3.74. The number of nitrogens with one attached hydrogen (secondary N) is 1. The van der Waals surface area contributed by atoms with Crippen molar-refractivity contribution in [2.24, 2.45) is 0 Å². The van der Waals surface area contributed by atoms with Crippen LogP contribution in [0.25, 0.3) is 0 Å². The Kier molecular flexibility index (Phi) is 9.57. The first-order chi connectivity index (χ1) is 5.85. The Morgan fingerprint density at radius 1 is 1.50 bits per heavy atom. The molecule has 0 aromatic carbocycles. The van der Waals surface area contributed by atoms with Crippen LogP contribution in [-0.4, -0.2) is 38.3 Å². The van der Waals surface area contributed by atoms with Crippen LogP contribution < -0.4 is 5.32 Å². The molecule has 0 rings (SSSR count). The molecule has 0 aliphatic heterocycles. The molecule has 0 saturated carbocycles. The molecule has 0 saturated heterocycles. The van der Waals surface area contributed by atoms with Crippen LogP contribution in [0.1, 0.15) is 19.8 Å². The van der Waals surface area contributed by atoms with Gasteiger partial charge >= 0.3 is 0 Å². The maximum Gasteiger partial charge on any atom is 0.0623 e. The Balaban J connectivity index is 3.19. The Morgan fingerprint density at radius 3 is 2.75 bits per heavy atom. The average Bonchev–Trinajstić information content (AvgIpc) is 2.10. The number of unbranched alkanes of at least 4 members (excludes halogenated alkanes) is 1. The molecule has 1 N–H and O–H groups in total. The molecule has 0 amide bonds. The first kappa shape index (κ1) is 12.3. The van der Waals surface area contributed by atoms with Gasteiger partial charge in [-0.05, 0) is 19.2 Å². The molecule has 1 atom stereocenters. The van der Waals surface area contributed by atoms with Crippen molar-refractivity contribution in [1.82, 2.24) is 5.32 Å². The molecule has 74 valence electrons. The van der Waals surface area contributed by atoms with Gasteiger partial charge in [-0.3, -0.25) is 0 Å². The summed E-state index contributed by atoms with van der Waals surface area (Å²) in [6.45, 7) is 3.04. The maximum absolute atomic E-state index is 5.08. The molecule has 0 aliphatic carbocycles. The lowest BCUT2D eigenvalue weighted by Gasteiger charge is -2.13. The number of hydrogen-bond donors (Lipinski definition) is 1. The summed E-state index contributed by atoms with van der Waals surface area (Å²) in [5.74, 6) is 2.43. The third-order valence-corrected chi connectivity index (χ3v) is 2.95. The van der Waals surface area contributed by atoms with E-state index >= 15 is 0 Å². The second kappa shape index (κ2) is 9.36. The van der Waals surface area contributed by atoms with Gasteiger partial charge in [0, 0.05) is 18.9 Å². The predicted octanol–water partition coefficient (Wildman–Crippen LogP) is 1.75. The molecule has 0 bridgehead atoms. The number of thioether (sulfide) groups is 1. The van der Waals surface area contributed by atoms with E-state index in [-0.39, 0.29) is 0 Å². The highest BCUT2D eigenvalue weighted by molar-refractivity contribution is 7.99. The van der Waals surface area contributed by atoms with E-state index in [0.717, 1.165) is 12.4 Å². The third-order valence-electron chi connectivity index (χ3n) is 1.74. The molecule has 0 fully saturated rings. The van der Waals surface area contributed by atoms with E-state index in [1.807, 2.05) is 18.8 Å². The Hall–Kier alpha value is 0.270. The third kappa shape index (κ3) is 6.95. The van der Waals surface area contributed by atoms with Crippen molar-refractivity contribution in [1.29, 1.82) is 0 Å². The van der Waals surface area contributed by atoms with E-state index in [4.69, 9.17) is 4.74 Å². The summed E-state index contributed by atoms with van der Waals surface area (Å²) >= 11 is 2.01. The molecule has 0 radical (unpaired) electrons. The molecule has 0 spiro atoms. The fourth-order valence-electron chi connectivity index (χ4n) is 0.888. The SMILES string of the molecule is CCCCSCC(COC)NC. The van der Waals surface area contributed by atoms with Crippen LogP contribution in [0.15, 0.2) is 0 Å². The molecule has 0 aromatic rings. The number of likely N-dealkylation sites (N-methyl/N-ethyl adjacent to an activating group) is 1. The second-order valence-electron chi connectivity index (χ2n) is 2.87. The molecule has 3 heteroatoms. The van der Waals surface area contributed by atoms with Crippen LogP contribution in [0, 0.1) is 0 Å². The molecular weight excluding hydrogens is 170 g/mol. The highest BCUT2D eigenvalue weighted by Crippen LogP contribution is 2.06. The maximum atomic E-state index is 5.08. The van der Waals surface area contributed by atoms with Crippen molar-refractivity contribution in [2.45, 2.75) is 25.8 Å². The second-order valence-corrected chi connectivity index (χ2v) is 4.02. The van der Waals surface area contributed by atoms with E-state index in [0.29, 0.717) is 6.04 Å². The Bertz CT molecular complexity index is 90.6. The van der Waals surface area contributed by atoms with Crippen molar-refractivity contribution in [2.75, 3.05) is 32.3 Å². The first-order valence-electron chi connectivity index (χ1n) is 4.59. The van der Waals surface area contributed by atoms with Gasteiger partial charge in [-0.15, -0.1) is 0 Å². The zero-order chi connectivity index (χ0) is 9.23. The van der Waals surface area contributed by atoms with Crippen LogP contribution in [-0.2, 0) is 4.74 Å². The van der Waals surface area contributed by atoms with Gasteiger partial charge in [0.15, 0.2) is 0 Å². The smallest absolute Gasteiger partial charge is 0.0623 e. The standard InChI is InChI=1S/C9H21NOS/c1-4-5-6-12-8-9(10-2)7-11-3/h9-10H,4-8H2,1-3H3. The Labute approximate surface area is 80.4 Å². The van der Waals surface area contributed by atoms with Crippen LogP contribution in [0.2, 0.25) is 0 Å². The van der Waals surface area contributed by atoms with Gasteiger partial charge in [-0.2, -0.15) is 11.8 Å². The van der Waals surface area contributed by atoms with Crippen molar-refractivity contribution in [3.8, 4) is 0 Å². The van der Waals surface area contributed by atoms with E-state index in [2.05, 4.69) is 12.2 Å². The largest absolute Gasteiger partial charge is 0.383 e. The van der Waals surface area contributed by atoms with Gasteiger partial charge in [0.05, 0.1) is 6.61 Å². The highest BCUT2D eigenvalue weighted by Gasteiger charge is 2.03. The summed E-state index contributed by atoms with van der Waals surface area (Å²) in [5.41, 5.74) is 0. The van der Waals surface area contributed by atoms with Crippen LogP contribution in [0.3, 0.4) is 0 Å². The molecular formula is C9H21NOS. The van der Waals surface area contributed by atoms with Crippen LogP contribution in [0.4, 0.5) is 0 Å². The number of methoxy groups -OCH3 is 1. The fourth-order valence-corrected chi connectivity index (χ4v) is 2.09. The number of rotatable bonds is 8. The minimum Gasteiger partial charge on any atom is -0.383 e. The lowest BCUT2D eigenvalue weighted by molar-refractivity contribution is 0.177. The predicted molar refractivity (Wildman–Crippen MR) is 57.0 cm³/mol. The van der Waals surface area contributed by atoms with Gasteiger partial charge in [0.2, 0.25) is 0 Å². The topological polar surface area (TPSA) is 21.3 Å². The summed E-state index contributed by atoms with van der Waals surface area (Å²) in [6, 6.07) is 0.511. The van der Waals surface area contributed by atoms with Gasteiger partial charge in [-0.25, -0.2) is 0 Å². The van der Waals surface area contributed by atoms with Crippen molar-refractivity contribution < 1.29 is 4.74 Å². The minimum atomic E-state index is 0.511. The fraction of sp³-hybridized carbons (Fsp3) is 1.00. The molecule has 0 aromatic heterocycles. The molecule has 12 heavy (non-hydrogen) atoms. The van der Waals surface area contributed by atoms with Gasteiger partial charge < -0.3 is 10.1 Å². The molecule has 1 unspecified atom stereocenters. The van der Waals surface area contributed by atoms with Gasteiger partial charge in [0.25, 0.3) is 0 Å². The average molecular weight is 191 g/mol. The zero-order valence-electron chi connectivity index (χ0n) is 8.43. The molecule has 0 aliphatic rings. The zero-order valence-corrected chi connectivity index (χ0v) is 9.25. The van der Waals surface area contributed by atoms with Crippen molar-refractivity contribution in [3.05, 3.63) is 0 Å². The monoisotopic (exact) mass is 191 g/mol. The van der Waals surface area contributed by atoms with E-state index in [9.17, 15) is 0 Å². The molecule has 2 nitrogen and oxygen atoms in total. The molecule has 0 heterocycles. The first-order valence-corrected chi connectivity index (χ1v) is 5.74.